The first-order chi connectivity index (χ1) is 13.7. The van der Waals surface area contributed by atoms with Crippen molar-refractivity contribution in [2.75, 3.05) is 19.5 Å². The standard InChI is InChI=1S/C23H25NO5/c1-13-16-12-15(24-22(26)23(2,3)4)8-10-17(16)29-21(13)20(25)14-7-9-18(27-5)19(11-14)28-6/h7-12H,1-6H3,(H,24,26). The van der Waals surface area contributed by atoms with Gasteiger partial charge in [0.15, 0.2) is 17.3 Å². The Hall–Kier alpha value is -3.28. The summed E-state index contributed by atoms with van der Waals surface area (Å²) in [6.07, 6.45) is 0. The summed E-state index contributed by atoms with van der Waals surface area (Å²) < 4.78 is 16.3. The predicted molar refractivity (Wildman–Crippen MR) is 112 cm³/mol. The van der Waals surface area contributed by atoms with Crippen molar-refractivity contribution in [2.24, 2.45) is 5.41 Å². The van der Waals surface area contributed by atoms with Gasteiger partial charge in [0, 0.05) is 27.6 Å². The van der Waals surface area contributed by atoms with Crippen molar-refractivity contribution in [3.05, 3.63) is 53.3 Å². The number of carbonyl (C=O) groups is 2. The van der Waals surface area contributed by atoms with Crippen LogP contribution in [0.4, 0.5) is 5.69 Å². The van der Waals surface area contributed by atoms with Gasteiger partial charge in [-0.25, -0.2) is 0 Å². The number of fused-ring (bicyclic) bond motifs is 1. The Kier molecular flexibility index (Phi) is 5.38. The summed E-state index contributed by atoms with van der Waals surface area (Å²) in [5, 5.41) is 3.68. The Morgan fingerprint density at radius 3 is 2.28 bits per heavy atom. The van der Waals surface area contributed by atoms with Crippen LogP contribution >= 0.6 is 0 Å². The van der Waals surface area contributed by atoms with Gasteiger partial charge in [0.05, 0.1) is 14.2 Å². The Balaban J connectivity index is 1.97. The highest BCUT2D eigenvalue weighted by atomic mass is 16.5. The van der Waals surface area contributed by atoms with Gasteiger partial charge in [0.2, 0.25) is 11.7 Å². The highest BCUT2D eigenvalue weighted by molar-refractivity contribution is 6.11. The molecule has 3 aromatic rings. The number of carbonyl (C=O) groups excluding carboxylic acids is 2. The fourth-order valence-corrected chi connectivity index (χ4v) is 2.94. The van der Waals surface area contributed by atoms with Gasteiger partial charge in [-0.1, -0.05) is 20.8 Å². The number of rotatable bonds is 5. The van der Waals surface area contributed by atoms with Crippen molar-refractivity contribution in [2.45, 2.75) is 27.7 Å². The molecule has 6 nitrogen and oxygen atoms in total. The summed E-state index contributed by atoms with van der Waals surface area (Å²) in [7, 11) is 3.06. The minimum atomic E-state index is -0.505. The summed E-state index contributed by atoms with van der Waals surface area (Å²) in [5.74, 6) is 0.940. The molecular weight excluding hydrogens is 370 g/mol. The van der Waals surface area contributed by atoms with Gasteiger partial charge in [0.1, 0.15) is 5.58 Å². The second kappa shape index (κ2) is 7.62. The maximum Gasteiger partial charge on any atom is 0.229 e. The summed E-state index contributed by atoms with van der Waals surface area (Å²) in [4.78, 5) is 25.3. The lowest BCUT2D eigenvalue weighted by Gasteiger charge is -2.17. The molecule has 0 spiro atoms. The lowest BCUT2D eigenvalue weighted by atomic mass is 9.95. The number of ether oxygens (including phenoxy) is 2. The molecule has 1 heterocycles. The first-order valence-electron chi connectivity index (χ1n) is 9.27. The molecule has 0 aliphatic rings. The average molecular weight is 395 g/mol. The van der Waals surface area contributed by atoms with Crippen LogP contribution in [0.15, 0.2) is 40.8 Å². The number of ketones is 1. The van der Waals surface area contributed by atoms with E-state index in [4.69, 9.17) is 13.9 Å². The van der Waals surface area contributed by atoms with Crippen molar-refractivity contribution < 1.29 is 23.5 Å². The normalized spacial score (nSPS) is 11.4. The number of benzene rings is 2. The van der Waals surface area contributed by atoms with Gasteiger partial charge < -0.3 is 19.2 Å². The lowest BCUT2D eigenvalue weighted by molar-refractivity contribution is -0.123. The minimum absolute atomic E-state index is 0.0837. The maximum atomic E-state index is 13.0. The van der Waals surface area contributed by atoms with E-state index in [0.717, 1.165) is 5.39 Å². The van der Waals surface area contributed by atoms with Crippen LogP contribution < -0.4 is 14.8 Å². The monoisotopic (exact) mass is 395 g/mol. The summed E-state index contributed by atoms with van der Waals surface area (Å²) in [5.41, 5.74) is 1.89. The highest BCUT2D eigenvalue weighted by Gasteiger charge is 2.23. The largest absolute Gasteiger partial charge is 0.493 e. The van der Waals surface area contributed by atoms with E-state index in [1.54, 1.807) is 37.4 Å². The minimum Gasteiger partial charge on any atom is -0.493 e. The molecule has 6 heteroatoms. The lowest BCUT2D eigenvalue weighted by Crippen LogP contribution is -2.27. The van der Waals surface area contributed by atoms with E-state index in [1.165, 1.54) is 7.11 Å². The Bertz CT molecular complexity index is 1090. The molecule has 1 N–H and O–H groups in total. The van der Waals surface area contributed by atoms with Gasteiger partial charge in [0.25, 0.3) is 0 Å². The molecule has 0 saturated carbocycles. The molecule has 0 aliphatic heterocycles. The molecule has 0 unspecified atom stereocenters. The molecule has 3 rings (SSSR count). The number of anilines is 1. The molecular formula is C23H25NO5. The van der Waals surface area contributed by atoms with E-state index in [9.17, 15) is 9.59 Å². The van der Waals surface area contributed by atoms with Gasteiger partial charge in [-0.15, -0.1) is 0 Å². The zero-order valence-electron chi connectivity index (χ0n) is 17.5. The first-order valence-corrected chi connectivity index (χ1v) is 9.27. The van der Waals surface area contributed by atoms with Crippen LogP contribution in [-0.4, -0.2) is 25.9 Å². The SMILES string of the molecule is COc1ccc(C(=O)c2oc3ccc(NC(=O)C(C)(C)C)cc3c2C)cc1OC. The van der Waals surface area contributed by atoms with Crippen LogP contribution in [0.3, 0.4) is 0 Å². The summed E-state index contributed by atoms with van der Waals surface area (Å²) in [6, 6.07) is 10.3. The summed E-state index contributed by atoms with van der Waals surface area (Å²) in [6.45, 7) is 7.38. The second-order valence-corrected chi connectivity index (χ2v) is 7.87. The number of methoxy groups -OCH3 is 2. The Labute approximate surface area is 169 Å². The number of nitrogens with one attached hydrogen (secondary N) is 1. The van der Waals surface area contributed by atoms with Crippen molar-refractivity contribution in [1.29, 1.82) is 0 Å². The molecule has 0 saturated heterocycles. The van der Waals surface area contributed by atoms with Gasteiger partial charge in [-0.2, -0.15) is 0 Å². The van der Waals surface area contributed by atoms with Gasteiger partial charge in [-0.05, 0) is 43.3 Å². The van der Waals surface area contributed by atoms with Crippen molar-refractivity contribution in [3.8, 4) is 11.5 Å². The maximum absolute atomic E-state index is 13.0. The van der Waals surface area contributed by atoms with Crippen LogP contribution in [0, 0.1) is 12.3 Å². The van der Waals surface area contributed by atoms with Crippen molar-refractivity contribution in [3.63, 3.8) is 0 Å². The van der Waals surface area contributed by atoms with E-state index in [1.807, 2.05) is 33.8 Å². The predicted octanol–water partition coefficient (Wildman–Crippen LogP) is 4.97. The molecule has 0 radical (unpaired) electrons. The van der Waals surface area contributed by atoms with Crippen LogP contribution in [0.5, 0.6) is 11.5 Å². The number of amides is 1. The van der Waals surface area contributed by atoms with Crippen molar-refractivity contribution in [1.82, 2.24) is 0 Å². The number of furan rings is 1. The fraction of sp³-hybridized carbons (Fsp3) is 0.304. The number of aryl methyl sites for hydroxylation is 1. The van der Waals surface area contributed by atoms with E-state index >= 15 is 0 Å². The second-order valence-electron chi connectivity index (χ2n) is 7.87. The molecule has 0 atom stereocenters. The molecule has 1 aromatic heterocycles. The fourth-order valence-electron chi connectivity index (χ4n) is 2.94. The first kappa shape index (κ1) is 20.5. The summed E-state index contributed by atoms with van der Waals surface area (Å²) >= 11 is 0. The molecule has 152 valence electrons. The number of hydrogen-bond acceptors (Lipinski definition) is 5. The van der Waals surface area contributed by atoms with Gasteiger partial charge in [-0.3, -0.25) is 9.59 Å². The molecule has 0 aliphatic carbocycles. The van der Waals surface area contributed by atoms with Crippen LogP contribution in [0.25, 0.3) is 11.0 Å². The Morgan fingerprint density at radius 2 is 1.66 bits per heavy atom. The van der Waals surface area contributed by atoms with E-state index in [2.05, 4.69) is 5.32 Å². The molecule has 0 fully saturated rings. The van der Waals surface area contributed by atoms with Crippen LogP contribution in [0.1, 0.15) is 42.5 Å². The quantitative estimate of drug-likeness (QED) is 0.617. The third-order valence-corrected chi connectivity index (χ3v) is 4.73. The highest BCUT2D eigenvalue weighted by Crippen LogP contribution is 2.32. The third kappa shape index (κ3) is 3.97. The van der Waals surface area contributed by atoms with Crippen LogP contribution in [-0.2, 0) is 4.79 Å². The Morgan fingerprint density at radius 1 is 0.966 bits per heavy atom. The average Bonchev–Trinajstić information content (AvgIpc) is 3.02. The van der Waals surface area contributed by atoms with E-state index < -0.39 is 5.41 Å². The van der Waals surface area contributed by atoms with Crippen molar-refractivity contribution >= 4 is 28.3 Å². The number of hydrogen-bond donors (Lipinski definition) is 1. The molecule has 1 amide bonds. The van der Waals surface area contributed by atoms with E-state index in [0.29, 0.717) is 33.9 Å². The smallest absolute Gasteiger partial charge is 0.229 e. The van der Waals surface area contributed by atoms with E-state index in [-0.39, 0.29) is 17.5 Å². The van der Waals surface area contributed by atoms with Gasteiger partial charge >= 0.3 is 0 Å². The third-order valence-electron chi connectivity index (χ3n) is 4.73. The van der Waals surface area contributed by atoms with Crippen LogP contribution in [0.2, 0.25) is 0 Å². The zero-order valence-corrected chi connectivity index (χ0v) is 17.5. The molecule has 29 heavy (non-hydrogen) atoms. The topological polar surface area (TPSA) is 77.8 Å². The molecule has 2 aromatic carbocycles. The molecule has 0 bridgehead atoms. The zero-order chi connectivity index (χ0) is 21.3.